The number of aromatic nitrogens is 5. The average Bonchev–Trinajstić information content (AvgIpc) is 3.15. The summed E-state index contributed by atoms with van der Waals surface area (Å²) < 4.78 is 1.91. The van der Waals surface area contributed by atoms with Gasteiger partial charge < -0.3 is 14.8 Å². The molecule has 10 heteroatoms. The number of amides is 2. The first kappa shape index (κ1) is 15.5. The van der Waals surface area contributed by atoms with Crippen molar-refractivity contribution in [3.63, 3.8) is 0 Å². The van der Waals surface area contributed by atoms with Crippen molar-refractivity contribution in [2.24, 2.45) is 0 Å². The molecule has 2 aromatic heterocycles. The Morgan fingerprint density at radius 2 is 2.00 bits per heavy atom. The molecule has 2 fully saturated rings. The number of nitrogens with one attached hydrogen (secondary N) is 2. The SMILES string of the molecule is O=C(NC1CC1)c1nnc2n1CCN1CCN(C(=O)c3ccn[nH]3)C[C@H]21. The predicted molar refractivity (Wildman–Crippen MR) is 89.3 cm³/mol. The Morgan fingerprint density at radius 1 is 1.15 bits per heavy atom. The summed E-state index contributed by atoms with van der Waals surface area (Å²) in [6.45, 7) is 3.49. The molecule has 4 heterocycles. The molecule has 2 N–H and O–H groups in total. The quantitative estimate of drug-likeness (QED) is 0.760. The van der Waals surface area contributed by atoms with E-state index in [9.17, 15) is 9.59 Å². The van der Waals surface area contributed by atoms with Crippen molar-refractivity contribution in [2.75, 3.05) is 26.2 Å². The van der Waals surface area contributed by atoms with Crippen molar-refractivity contribution in [1.82, 2.24) is 40.1 Å². The first-order valence-corrected chi connectivity index (χ1v) is 8.97. The largest absolute Gasteiger partial charge is 0.347 e. The molecule has 1 saturated carbocycles. The summed E-state index contributed by atoms with van der Waals surface area (Å²) >= 11 is 0. The van der Waals surface area contributed by atoms with E-state index in [1.54, 1.807) is 12.3 Å². The van der Waals surface area contributed by atoms with Gasteiger partial charge >= 0.3 is 0 Å². The topological polar surface area (TPSA) is 112 Å². The van der Waals surface area contributed by atoms with Crippen molar-refractivity contribution in [3.05, 3.63) is 29.6 Å². The number of carbonyl (C=O) groups is 2. The van der Waals surface area contributed by atoms with Crippen LogP contribution in [0.4, 0.5) is 0 Å². The standard InChI is InChI=1S/C16H20N8O2/c25-15(18-10-1-2-10)14-21-20-13-12-9-23(16(26)11-3-4-17-19-11)6-5-22(12)7-8-24(13)14/h3-4,10,12H,1-2,5-9H2,(H,17,19)(H,18,25)/t12-/m1/s1. The van der Waals surface area contributed by atoms with Crippen molar-refractivity contribution in [3.8, 4) is 0 Å². The molecule has 0 bridgehead atoms. The maximum Gasteiger partial charge on any atom is 0.289 e. The summed E-state index contributed by atoms with van der Waals surface area (Å²) in [5.74, 6) is 0.925. The number of piperazine rings is 1. The number of aromatic amines is 1. The summed E-state index contributed by atoms with van der Waals surface area (Å²) in [6, 6.07) is 1.92. The third kappa shape index (κ3) is 2.57. The van der Waals surface area contributed by atoms with Gasteiger partial charge in [-0.1, -0.05) is 0 Å². The molecular formula is C16H20N8O2. The zero-order valence-electron chi connectivity index (χ0n) is 14.3. The lowest BCUT2D eigenvalue weighted by molar-refractivity contribution is 0.0368. The van der Waals surface area contributed by atoms with Gasteiger partial charge in [-0.2, -0.15) is 5.10 Å². The Bertz CT molecular complexity index is 841. The second-order valence-corrected chi connectivity index (χ2v) is 7.05. The van der Waals surface area contributed by atoms with E-state index < -0.39 is 0 Å². The molecule has 0 radical (unpaired) electrons. The van der Waals surface area contributed by atoms with E-state index in [2.05, 4.69) is 30.6 Å². The number of carbonyl (C=O) groups excluding carboxylic acids is 2. The predicted octanol–water partition coefficient (Wildman–Crippen LogP) is -0.594. The Hall–Kier alpha value is -2.75. The van der Waals surface area contributed by atoms with Gasteiger partial charge in [0.05, 0.1) is 6.04 Å². The Labute approximate surface area is 149 Å². The minimum atomic E-state index is -0.152. The van der Waals surface area contributed by atoms with Crippen LogP contribution < -0.4 is 5.32 Å². The second-order valence-electron chi connectivity index (χ2n) is 7.05. The Morgan fingerprint density at radius 3 is 2.77 bits per heavy atom. The normalized spacial score (nSPS) is 22.6. The van der Waals surface area contributed by atoms with E-state index in [1.807, 2.05) is 9.47 Å². The zero-order chi connectivity index (χ0) is 17.7. The van der Waals surface area contributed by atoms with Gasteiger partial charge in [-0.05, 0) is 18.9 Å². The fraction of sp³-hybridized carbons (Fsp3) is 0.562. The van der Waals surface area contributed by atoms with Gasteiger partial charge in [-0.3, -0.25) is 19.6 Å². The summed E-state index contributed by atoms with van der Waals surface area (Å²) in [5, 5.41) is 18.0. The molecule has 3 aliphatic rings. The number of nitrogens with zero attached hydrogens (tertiary/aromatic N) is 6. The maximum atomic E-state index is 12.6. The summed E-state index contributed by atoms with van der Waals surface area (Å²) in [6.07, 6.45) is 3.65. The summed E-state index contributed by atoms with van der Waals surface area (Å²) in [5.41, 5.74) is 0.486. The first-order chi connectivity index (χ1) is 12.7. The highest BCUT2D eigenvalue weighted by atomic mass is 16.2. The van der Waals surface area contributed by atoms with Crippen molar-refractivity contribution in [2.45, 2.75) is 31.5 Å². The molecule has 1 atom stereocenters. The highest BCUT2D eigenvalue weighted by Crippen LogP contribution is 2.29. The monoisotopic (exact) mass is 356 g/mol. The molecule has 26 heavy (non-hydrogen) atoms. The van der Waals surface area contributed by atoms with Gasteiger partial charge in [0.15, 0.2) is 5.82 Å². The van der Waals surface area contributed by atoms with Crippen LogP contribution in [0.25, 0.3) is 0 Å². The lowest BCUT2D eigenvalue weighted by Crippen LogP contribution is -2.53. The molecule has 2 aromatic rings. The van der Waals surface area contributed by atoms with Crippen LogP contribution in [0.2, 0.25) is 0 Å². The lowest BCUT2D eigenvalue weighted by Gasteiger charge is -2.43. The van der Waals surface area contributed by atoms with Crippen LogP contribution in [0.15, 0.2) is 12.3 Å². The van der Waals surface area contributed by atoms with Crippen molar-refractivity contribution in [1.29, 1.82) is 0 Å². The van der Waals surface area contributed by atoms with Crippen LogP contribution in [-0.4, -0.2) is 78.8 Å². The number of hydrogen-bond acceptors (Lipinski definition) is 6. The van der Waals surface area contributed by atoms with Gasteiger partial charge in [0.2, 0.25) is 5.82 Å². The average molecular weight is 356 g/mol. The molecule has 2 amide bonds. The molecule has 10 nitrogen and oxygen atoms in total. The summed E-state index contributed by atoms with van der Waals surface area (Å²) in [4.78, 5) is 29.1. The van der Waals surface area contributed by atoms with Gasteiger partial charge in [-0.15, -0.1) is 10.2 Å². The minimum absolute atomic E-state index is 0.0423. The van der Waals surface area contributed by atoms with Crippen LogP contribution in [0.1, 0.15) is 45.8 Å². The third-order valence-electron chi connectivity index (χ3n) is 5.31. The van der Waals surface area contributed by atoms with Gasteiger partial charge in [0.25, 0.3) is 11.8 Å². The molecule has 1 aliphatic carbocycles. The molecule has 2 aliphatic heterocycles. The van der Waals surface area contributed by atoms with E-state index in [0.717, 1.165) is 31.8 Å². The summed E-state index contributed by atoms with van der Waals surface area (Å²) in [7, 11) is 0. The number of hydrogen-bond donors (Lipinski definition) is 2. The third-order valence-corrected chi connectivity index (χ3v) is 5.31. The number of fused-ring (bicyclic) bond motifs is 3. The first-order valence-electron chi connectivity index (χ1n) is 8.97. The molecule has 0 spiro atoms. The Balaban J connectivity index is 1.38. The van der Waals surface area contributed by atoms with Gasteiger partial charge in [0.1, 0.15) is 5.69 Å². The highest BCUT2D eigenvalue weighted by Gasteiger charge is 2.38. The van der Waals surface area contributed by atoms with Crippen LogP contribution in [0.5, 0.6) is 0 Å². The smallest absolute Gasteiger partial charge is 0.289 e. The van der Waals surface area contributed by atoms with E-state index in [1.165, 1.54) is 0 Å². The fourth-order valence-corrected chi connectivity index (χ4v) is 3.72. The van der Waals surface area contributed by atoms with Crippen LogP contribution in [-0.2, 0) is 6.54 Å². The van der Waals surface area contributed by atoms with Crippen LogP contribution in [0, 0.1) is 0 Å². The minimum Gasteiger partial charge on any atom is -0.347 e. The highest BCUT2D eigenvalue weighted by molar-refractivity contribution is 5.92. The van der Waals surface area contributed by atoms with E-state index in [0.29, 0.717) is 31.2 Å². The molecule has 136 valence electrons. The number of H-pyrrole nitrogens is 1. The zero-order valence-corrected chi connectivity index (χ0v) is 14.3. The number of rotatable bonds is 3. The van der Waals surface area contributed by atoms with E-state index >= 15 is 0 Å². The molecule has 1 saturated heterocycles. The van der Waals surface area contributed by atoms with Crippen LogP contribution >= 0.6 is 0 Å². The molecule has 5 rings (SSSR count). The molecular weight excluding hydrogens is 336 g/mol. The van der Waals surface area contributed by atoms with Gasteiger partial charge in [-0.25, -0.2) is 0 Å². The Kier molecular flexibility index (Phi) is 3.52. The van der Waals surface area contributed by atoms with Gasteiger partial charge in [0, 0.05) is 45.0 Å². The lowest BCUT2D eigenvalue weighted by atomic mass is 10.1. The van der Waals surface area contributed by atoms with Crippen molar-refractivity contribution < 1.29 is 9.59 Å². The van der Waals surface area contributed by atoms with E-state index in [-0.39, 0.29) is 23.9 Å². The second kappa shape index (κ2) is 5.90. The maximum absolute atomic E-state index is 12.6. The van der Waals surface area contributed by atoms with Crippen molar-refractivity contribution >= 4 is 11.8 Å². The molecule has 0 aromatic carbocycles. The molecule has 0 unspecified atom stereocenters. The van der Waals surface area contributed by atoms with Crippen LogP contribution in [0.3, 0.4) is 0 Å². The fourth-order valence-electron chi connectivity index (χ4n) is 3.72. The van der Waals surface area contributed by atoms with E-state index in [4.69, 9.17) is 0 Å².